The van der Waals surface area contributed by atoms with Crippen molar-refractivity contribution in [2.24, 2.45) is 0 Å². The minimum Gasteiger partial charge on any atom is -0.492 e. The molecule has 0 spiro atoms. The number of carboxylic acid groups (broad SMARTS) is 1. The summed E-state index contributed by atoms with van der Waals surface area (Å²) in [5.74, 6) is -30.5. The number of benzene rings is 2. The van der Waals surface area contributed by atoms with Gasteiger partial charge in [0.2, 0.25) is 0 Å². The molecule has 0 aromatic heterocycles. The van der Waals surface area contributed by atoms with Crippen molar-refractivity contribution < 1.29 is 77.2 Å². The number of aryl methyl sites for hydroxylation is 1. The van der Waals surface area contributed by atoms with Gasteiger partial charge in [-0.05, 0) is 43.2 Å². The molecule has 0 radical (unpaired) electrons. The first kappa shape index (κ1) is 37.4. The van der Waals surface area contributed by atoms with Gasteiger partial charge in [-0.25, -0.2) is 9.59 Å². The second kappa shape index (κ2) is 14.1. The maximum atomic E-state index is 14.6. The van der Waals surface area contributed by atoms with Crippen LogP contribution < -0.4 is 9.47 Å². The van der Waals surface area contributed by atoms with E-state index in [-0.39, 0.29) is 35.0 Å². The van der Waals surface area contributed by atoms with Crippen LogP contribution in [0.15, 0.2) is 48.5 Å². The first-order valence-electron chi connectivity index (χ1n) is 12.8. The summed E-state index contributed by atoms with van der Waals surface area (Å²) >= 11 is 0. The van der Waals surface area contributed by atoms with Crippen molar-refractivity contribution in [1.82, 2.24) is 4.90 Å². The first-order valence-corrected chi connectivity index (χ1v) is 12.8. The lowest BCUT2D eigenvalue weighted by molar-refractivity contribution is -0.422. The van der Waals surface area contributed by atoms with Gasteiger partial charge in [0, 0.05) is 13.0 Å². The number of para-hydroxylation sites is 1. The molecule has 252 valence electrons. The van der Waals surface area contributed by atoms with E-state index < -0.39 is 67.7 Å². The zero-order chi connectivity index (χ0) is 34.4. The van der Waals surface area contributed by atoms with E-state index in [4.69, 9.17) is 14.2 Å². The Labute approximate surface area is 248 Å². The molecule has 2 aromatic rings. The molecule has 0 saturated heterocycles. The number of amides is 1. The van der Waals surface area contributed by atoms with Crippen LogP contribution in [-0.4, -0.2) is 84.3 Å². The van der Waals surface area contributed by atoms with Crippen molar-refractivity contribution in [2.45, 2.75) is 56.2 Å². The minimum atomic E-state index is -7.65. The van der Waals surface area contributed by atoms with Crippen LogP contribution in [0.4, 0.5) is 53.1 Å². The number of carbonyl (C=O) groups excluding carboxylic acids is 1. The number of hydrogen-bond acceptors (Lipinski definition) is 5. The smallest absolute Gasteiger partial charge is 0.460 e. The molecule has 1 atom stereocenters. The van der Waals surface area contributed by atoms with Crippen molar-refractivity contribution in [3.05, 3.63) is 59.7 Å². The normalized spacial score (nSPS) is 13.7. The largest absolute Gasteiger partial charge is 0.492 e. The Morgan fingerprint density at radius 3 is 1.93 bits per heavy atom. The Hall–Kier alpha value is -3.83. The van der Waals surface area contributed by atoms with Gasteiger partial charge >= 0.3 is 41.9 Å². The molecule has 7 nitrogen and oxygen atoms in total. The van der Waals surface area contributed by atoms with Gasteiger partial charge in [0.25, 0.3) is 0 Å². The number of aliphatic carboxylic acids is 1. The Morgan fingerprint density at radius 2 is 1.42 bits per heavy atom. The Bertz CT molecular complexity index is 1300. The van der Waals surface area contributed by atoms with Crippen LogP contribution in [-0.2, 0) is 16.0 Å². The highest BCUT2D eigenvalue weighted by Gasteiger charge is 2.87. The summed E-state index contributed by atoms with van der Waals surface area (Å²) in [6, 6.07) is 10.6. The summed E-state index contributed by atoms with van der Waals surface area (Å²) in [7, 11) is 0. The molecule has 1 N–H and O–H groups in total. The maximum absolute atomic E-state index is 14.6. The highest BCUT2D eigenvalue weighted by molar-refractivity contribution is 5.73. The summed E-state index contributed by atoms with van der Waals surface area (Å²) in [6.45, 7) is -1.69. The summed E-state index contributed by atoms with van der Waals surface area (Å²) in [4.78, 5) is 23.6. The Kier molecular flexibility index (Phi) is 11.7. The number of carbonyl (C=O) groups is 2. The van der Waals surface area contributed by atoms with Crippen LogP contribution in [0.1, 0.15) is 18.1 Å². The van der Waals surface area contributed by atoms with E-state index >= 15 is 0 Å². The summed E-state index contributed by atoms with van der Waals surface area (Å²) in [6.07, 6.45) is -10.5. The number of halogens is 11. The second-order valence-electron chi connectivity index (χ2n) is 9.46. The lowest BCUT2D eigenvalue weighted by Crippen LogP contribution is -2.68. The molecule has 0 heterocycles. The number of hydrogen-bond donors (Lipinski definition) is 1. The van der Waals surface area contributed by atoms with Crippen molar-refractivity contribution >= 4 is 12.1 Å². The van der Waals surface area contributed by atoms with E-state index in [1.807, 2.05) is 0 Å². The van der Waals surface area contributed by atoms with E-state index in [0.29, 0.717) is 5.56 Å². The minimum absolute atomic E-state index is 0.0392. The number of nitrogens with zero attached hydrogens (tertiary/aromatic N) is 1. The topological polar surface area (TPSA) is 85.3 Å². The molecule has 1 unspecified atom stereocenters. The fraction of sp³-hybridized carbons (Fsp3) is 0.481. The third-order valence-corrected chi connectivity index (χ3v) is 6.16. The fourth-order valence-corrected chi connectivity index (χ4v) is 3.64. The number of rotatable bonds is 15. The zero-order valence-electron chi connectivity index (χ0n) is 23.3. The van der Waals surface area contributed by atoms with Gasteiger partial charge in [0.15, 0.2) is 6.10 Å². The van der Waals surface area contributed by atoms with Gasteiger partial charge in [-0.3, -0.25) is 4.90 Å². The van der Waals surface area contributed by atoms with E-state index in [1.54, 1.807) is 6.92 Å². The highest BCUT2D eigenvalue weighted by atomic mass is 19.4. The molecule has 0 aliphatic carbocycles. The van der Waals surface area contributed by atoms with Crippen molar-refractivity contribution in [3.8, 4) is 11.5 Å². The first-order chi connectivity index (χ1) is 20.6. The molecule has 2 aromatic carbocycles. The average Bonchev–Trinajstić information content (AvgIpc) is 2.93. The number of carboxylic acids is 1. The average molecular weight is 669 g/mol. The molecule has 0 bridgehead atoms. The van der Waals surface area contributed by atoms with E-state index in [9.17, 15) is 63.0 Å². The summed E-state index contributed by atoms with van der Waals surface area (Å²) in [5, 5.41) is 9.17. The van der Waals surface area contributed by atoms with Crippen LogP contribution in [0.25, 0.3) is 0 Å². The quantitative estimate of drug-likeness (QED) is 0.206. The number of ether oxygens (including phenoxy) is 3. The predicted molar refractivity (Wildman–Crippen MR) is 133 cm³/mol. The van der Waals surface area contributed by atoms with Crippen LogP contribution in [0.2, 0.25) is 0 Å². The molecular formula is C27H26F11NO6. The standard InChI is InChI=1S/C27H26F11NO6/c1-3-43-20(21(40)41)14-17-8-10-18(11-9-17)44-13-12-39(22(42)45-19-7-5-4-6-16(19)2)15-23(28,29)24(30,31)25(32,33)26(34,35)27(36,37)38/h4-11,20H,3,12-15H2,1-2H3,(H,40,41). The van der Waals surface area contributed by atoms with E-state index in [2.05, 4.69) is 0 Å². The molecule has 0 aliphatic heterocycles. The van der Waals surface area contributed by atoms with Crippen LogP contribution >= 0.6 is 0 Å². The SMILES string of the molecule is CCOC(Cc1ccc(OCCN(CC(F)(F)C(F)(F)C(F)(F)C(F)(F)C(F)(F)F)C(=O)Oc2ccccc2C)cc1)C(=O)O. The molecule has 1 amide bonds. The predicted octanol–water partition coefficient (Wildman–Crippen LogP) is 7.01. The number of alkyl halides is 11. The zero-order valence-corrected chi connectivity index (χ0v) is 23.3. The molecule has 0 saturated carbocycles. The molecule has 45 heavy (non-hydrogen) atoms. The van der Waals surface area contributed by atoms with Gasteiger partial charge in [-0.15, -0.1) is 0 Å². The molecular weight excluding hydrogens is 643 g/mol. The second-order valence-corrected chi connectivity index (χ2v) is 9.46. The monoisotopic (exact) mass is 669 g/mol. The molecule has 0 fully saturated rings. The Morgan fingerprint density at radius 1 is 0.844 bits per heavy atom. The van der Waals surface area contributed by atoms with E-state index in [0.717, 1.165) is 6.07 Å². The van der Waals surface area contributed by atoms with Crippen molar-refractivity contribution in [3.63, 3.8) is 0 Å². The van der Waals surface area contributed by atoms with Gasteiger partial charge in [-0.2, -0.15) is 48.3 Å². The van der Waals surface area contributed by atoms with Gasteiger partial charge < -0.3 is 19.3 Å². The van der Waals surface area contributed by atoms with Gasteiger partial charge in [0.05, 0.1) is 13.1 Å². The lowest BCUT2D eigenvalue weighted by atomic mass is 9.97. The molecule has 0 aliphatic rings. The van der Waals surface area contributed by atoms with Crippen molar-refractivity contribution in [2.75, 3.05) is 26.3 Å². The lowest BCUT2D eigenvalue weighted by Gasteiger charge is -2.38. The highest BCUT2D eigenvalue weighted by Crippen LogP contribution is 2.57. The van der Waals surface area contributed by atoms with Gasteiger partial charge in [-0.1, -0.05) is 30.3 Å². The summed E-state index contributed by atoms with van der Waals surface area (Å²) in [5.41, 5.74) is 0.662. The maximum Gasteiger partial charge on any atom is 0.460 e. The van der Waals surface area contributed by atoms with Crippen molar-refractivity contribution in [1.29, 1.82) is 0 Å². The van der Waals surface area contributed by atoms with Crippen LogP contribution in [0.3, 0.4) is 0 Å². The fourth-order valence-electron chi connectivity index (χ4n) is 3.64. The van der Waals surface area contributed by atoms with E-state index in [1.165, 1.54) is 49.4 Å². The third-order valence-electron chi connectivity index (χ3n) is 6.16. The van der Waals surface area contributed by atoms with Crippen LogP contribution in [0, 0.1) is 6.92 Å². The van der Waals surface area contributed by atoms with Crippen LogP contribution in [0.5, 0.6) is 11.5 Å². The third kappa shape index (κ3) is 8.46. The molecule has 18 heteroatoms. The Balaban J connectivity index is 2.29. The summed E-state index contributed by atoms with van der Waals surface area (Å²) < 4.78 is 164. The molecule has 2 rings (SSSR count). The van der Waals surface area contributed by atoms with Gasteiger partial charge in [0.1, 0.15) is 18.1 Å².